The lowest BCUT2D eigenvalue weighted by Gasteiger charge is -2.09. The third-order valence-corrected chi connectivity index (χ3v) is 2.93. The highest BCUT2D eigenvalue weighted by molar-refractivity contribution is 6.32. The molecule has 9 heteroatoms. The van der Waals surface area contributed by atoms with E-state index < -0.39 is 12.2 Å². The van der Waals surface area contributed by atoms with Crippen LogP contribution in [0.1, 0.15) is 5.69 Å². The third kappa shape index (κ3) is 3.88. The number of nitrogens with zero attached hydrogens (tertiary/aromatic N) is 3. The van der Waals surface area contributed by atoms with Crippen LogP contribution in [-0.4, -0.2) is 21.4 Å². The van der Waals surface area contributed by atoms with Crippen LogP contribution >= 0.6 is 11.6 Å². The monoisotopic (exact) mass is 316 g/mol. The Morgan fingerprint density at radius 1 is 1.43 bits per heavy atom. The summed E-state index contributed by atoms with van der Waals surface area (Å²) in [4.78, 5) is 15.5. The van der Waals surface area contributed by atoms with Gasteiger partial charge in [0.15, 0.2) is 0 Å². The van der Waals surface area contributed by atoms with Crippen LogP contribution in [0.25, 0.3) is 0 Å². The van der Waals surface area contributed by atoms with Gasteiger partial charge in [-0.1, -0.05) is 11.6 Å². The van der Waals surface area contributed by atoms with Gasteiger partial charge < -0.3 is 10.1 Å². The molecule has 0 aromatic carbocycles. The Morgan fingerprint density at radius 3 is 2.81 bits per heavy atom. The van der Waals surface area contributed by atoms with Crippen LogP contribution in [0.3, 0.4) is 0 Å². The van der Waals surface area contributed by atoms with Gasteiger partial charge in [0.25, 0.3) is 5.56 Å². The third-order valence-electron chi connectivity index (χ3n) is 2.56. The zero-order chi connectivity index (χ0) is 15.4. The second-order valence-electron chi connectivity index (χ2n) is 4.02. The minimum atomic E-state index is -2.89. The van der Waals surface area contributed by atoms with E-state index in [0.717, 1.165) is 4.68 Å². The first-order chi connectivity index (χ1) is 9.97. The minimum absolute atomic E-state index is 0.0187. The summed E-state index contributed by atoms with van der Waals surface area (Å²) < 4.78 is 29.3. The van der Waals surface area contributed by atoms with Crippen LogP contribution < -0.4 is 15.6 Å². The Morgan fingerprint density at radius 2 is 2.19 bits per heavy atom. The molecule has 0 bridgehead atoms. The molecule has 0 saturated heterocycles. The summed E-state index contributed by atoms with van der Waals surface area (Å²) in [5, 5.41) is 6.75. The van der Waals surface area contributed by atoms with Crippen molar-refractivity contribution >= 4 is 17.3 Å². The van der Waals surface area contributed by atoms with Gasteiger partial charge in [0.2, 0.25) is 0 Å². The highest BCUT2D eigenvalue weighted by Crippen LogP contribution is 2.17. The topological polar surface area (TPSA) is 69.0 Å². The number of aromatic nitrogens is 3. The van der Waals surface area contributed by atoms with E-state index in [4.69, 9.17) is 11.6 Å². The van der Waals surface area contributed by atoms with E-state index in [-0.39, 0.29) is 17.3 Å². The molecule has 0 amide bonds. The molecule has 6 nitrogen and oxygen atoms in total. The van der Waals surface area contributed by atoms with E-state index in [2.05, 4.69) is 20.1 Å². The van der Waals surface area contributed by atoms with E-state index in [1.807, 2.05) is 0 Å². The van der Waals surface area contributed by atoms with Gasteiger partial charge >= 0.3 is 6.61 Å². The zero-order valence-electron chi connectivity index (χ0n) is 10.9. The predicted octanol–water partition coefficient (Wildman–Crippen LogP) is 2.04. The van der Waals surface area contributed by atoms with Gasteiger partial charge in [-0.15, -0.1) is 0 Å². The van der Waals surface area contributed by atoms with Gasteiger partial charge in [0.1, 0.15) is 10.8 Å². The lowest BCUT2D eigenvalue weighted by atomic mass is 10.3. The van der Waals surface area contributed by atoms with Gasteiger partial charge in [-0.05, 0) is 12.1 Å². The van der Waals surface area contributed by atoms with E-state index in [0.29, 0.717) is 11.4 Å². The molecule has 2 rings (SSSR count). The van der Waals surface area contributed by atoms with Crippen molar-refractivity contribution < 1.29 is 13.5 Å². The summed E-state index contributed by atoms with van der Waals surface area (Å²) in [5.74, 6) is -0.0259. The Balaban J connectivity index is 2.03. The van der Waals surface area contributed by atoms with Crippen molar-refractivity contribution in [2.24, 2.45) is 7.05 Å². The molecule has 0 aliphatic carbocycles. The number of nitrogens with one attached hydrogen (secondary N) is 1. The second kappa shape index (κ2) is 6.49. The molecule has 112 valence electrons. The SMILES string of the molecule is Cn1ncc(NCc2ccc(OC(F)F)cn2)c(Cl)c1=O. The average Bonchev–Trinajstić information content (AvgIpc) is 2.45. The minimum Gasteiger partial charge on any atom is -0.433 e. The Hall–Kier alpha value is -2.22. The number of halogens is 3. The van der Waals surface area contributed by atoms with E-state index >= 15 is 0 Å². The molecular formula is C12H11ClF2N4O2. The Kier molecular flexibility index (Phi) is 4.69. The van der Waals surface area contributed by atoms with Crippen LogP contribution in [0.2, 0.25) is 5.02 Å². The van der Waals surface area contributed by atoms with Crippen LogP contribution in [0, 0.1) is 0 Å². The predicted molar refractivity (Wildman–Crippen MR) is 72.7 cm³/mol. The fourth-order valence-electron chi connectivity index (χ4n) is 1.51. The number of hydrogen-bond donors (Lipinski definition) is 1. The van der Waals surface area contributed by atoms with Crippen molar-refractivity contribution in [3.8, 4) is 5.75 Å². The molecule has 0 radical (unpaired) electrons. The molecule has 2 aromatic rings. The van der Waals surface area contributed by atoms with Gasteiger partial charge in [0, 0.05) is 7.05 Å². The van der Waals surface area contributed by atoms with Crippen molar-refractivity contribution in [2.45, 2.75) is 13.2 Å². The number of hydrogen-bond acceptors (Lipinski definition) is 5. The fourth-order valence-corrected chi connectivity index (χ4v) is 1.75. The standard InChI is InChI=1S/C12H11ClF2N4O2/c1-19-11(20)10(13)9(6-18-19)17-4-7-2-3-8(5-16-7)21-12(14)15/h2-3,5-6,12,17H,4H2,1H3. The molecule has 0 fully saturated rings. The summed E-state index contributed by atoms with van der Waals surface area (Å²) in [6.45, 7) is -2.63. The molecular weight excluding hydrogens is 306 g/mol. The molecule has 0 aliphatic heterocycles. The second-order valence-corrected chi connectivity index (χ2v) is 4.40. The van der Waals surface area contributed by atoms with Crippen molar-refractivity contribution in [2.75, 3.05) is 5.32 Å². The van der Waals surface area contributed by atoms with Crippen molar-refractivity contribution in [3.05, 3.63) is 45.6 Å². The molecule has 0 aliphatic rings. The summed E-state index contributed by atoms with van der Waals surface area (Å²) in [6, 6.07) is 2.90. The Bertz CT molecular complexity index is 676. The molecule has 0 saturated carbocycles. The normalized spacial score (nSPS) is 10.7. The number of alkyl halides is 2. The molecule has 0 atom stereocenters. The van der Waals surface area contributed by atoms with E-state index in [1.165, 1.54) is 31.6 Å². The molecule has 2 heterocycles. The van der Waals surface area contributed by atoms with Crippen molar-refractivity contribution in [1.82, 2.24) is 14.8 Å². The zero-order valence-corrected chi connectivity index (χ0v) is 11.6. The van der Waals surface area contributed by atoms with Gasteiger partial charge in [-0.25, -0.2) is 4.68 Å². The molecule has 0 spiro atoms. The molecule has 21 heavy (non-hydrogen) atoms. The number of aryl methyl sites for hydroxylation is 1. The first-order valence-corrected chi connectivity index (χ1v) is 6.20. The fraction of sp³-hybridized carbons (Fsp3) is 0.250. The van der Waals surface area contributed by atoms with Crippen molar-refractivity contribution in [1.29, 1.82) is 0 Å². The van der Waals surface area contributed by atoms with Crippen LogP contribution in [-0.2, 0) is 13.6 Å². The maximum absolute atomic E-state index is 12.0. The Labute approximate surface area is 123 Å². The smallest absolute Gasteiger partial charge is 0.387 e. The maximum Gasteiger partial charge on any atom is 0.387 e. The average molecular weight is 317 g/mol. The van der Waals surface area contributed by atoms with Crippen LogP contribution in [0.4, 0.5) is 14.5 Å². The highest BCUT2D eigenvalue weighted by atomic mass is 35.5. The van der Waals surface area contributed by atoms with Gasteiger partial charge in [0.05, 0.1) is 30.3 Å². The van der Waals surface area contributed by atoms with Crippen LogP contribution in [0.15, 0.2) is 29.3 Å². The van der Waals surface area contributed by atoms with Gasteiger partial charge in [-0.3, -0.25) is 9.78 Å². The lowest BCUT2D eigenvalue weighted by molar-refractivity contribution is -0.0500. The number of rotatable bonds is 5. The first-order valence-electron chi connectivity index (χ1n) is 5.83. The van der Waals surface area contributed by atoms with E-state index in [9.17, 15) is 13.6 Å². The lowest BCUT2D eigenvalue weighted by Crippen LogP contribution is -2.21. The van der Waals surface area contributed by atoms with Crippen LogP contribution in [0.5, 0.6) is 5.75 Å². The van der Waals surface area contributed by atoms with Gasteiger partial charge in [-0.2, -0.15) is 13.9 Å². The molecule has 2 aromatic heterocycles. The van der Waals surface area contributed by atoms with E-state index in [1.54, 1.807) is 0 Å². The summed E-state index contributed by atoms with van der Waals surface area (Å²) in [5.41, 5.74) is 0.512. The summed E-state index contributed by atoms with van der Waals surface area (Å²) in [7, 11) is 1.49. The quantitative estimate of drug-likeness (QED) is 0.914. The number of anilines is 1. The summed E-state index contributed by atoms with van der Waals surface area (Å²) >= 11 is 5.89. The number of ether oxygens (including phenoxy) is 1. The summed E-state index contributed by atoms with van der Waals surface area (Å²) in [6.07, 6.45) is 2.60. The maximum atomic E-state index is 12.0. The van der Waals surface area contributed by atoms with Crippen molar-refractivity contribution in [3.63, 3.8) is 0 Å². The molecule has 1 N–H and O–H groups in total. The first kappa shape index (κ1) is 15.2. The number of pyridine rings is 1. The highest BCUT2D eigenvalue weighted by Gasteiger charge is 2.08. The molecule has 0 unspecified atom stereocenters. The largest absolute Gasteiger partial charge is 0.433 e.